The first-order valence-electron chi connectivity index (χ1n) is 11.8. The van der Waals surface area contributed by atoms with Crippen LogP contribution in [0.1, 0.15) is 60.6 Å². The van der Waals surface area contributed by atoms with Gasteiger partial charge in [0, 0.05) is 6.42 Å². The molecule has 0 aliphatic carbocycles. The molecule has 0 spiro atoms. The zero-order chi connectivity index (χ0) is 29.9. The van der Waals surface area contributed by atoms with Crippen LogP contribution in [0, 0.1) is 0 Å². The van der Waals surface area contributed by atoms with Crippen LogP contribution in [0.3, 0.4) is 0 Å². The highest BCUT2D eigenvalue weighted by Crippen LogP contribution is 2.27. The Labute approximate surface area is 232 Å². The molecule has 3 rings (SSSR count). The summed E-state index contributed by atoms with van der Waals surface area (Å²) < 4.78 is 65.5. The van der Waals surface area contributed by atoms with Gasteiger partial charge in [0.15, 0.2) is 0 Å². The fourth-order valence-corrected chi connectivity index (χ4v) is 6.00. The van der Waals surface area contributed by atoms with Crippen LogP contribution in [-0.4, -0.2) is 54.5 Å². The van der Waals surface area contributed by atoms with Crippen LogP contribution in [-0.2, 0) is 24.3 Å². The molecule has 3 N–H and O–H groups in total. The van der Waals surface area contributed by atoms with Gasteiger partial charge < -0.3 is 19.6 Å². The number of rotatable bonds is 12. The quantitative estimate of drug-likeness (QED) is 0.190. The number of nitrogens with zero attached hydrogens (tertiary/aromatic N) is 1. The first-order chi connectivity index (χ1) is 18.8. The van der Waals surface area contributed by atoms with Crippen molar-refractivity contribution in [3.63, 3.8) is 0 Å². The Balaban J connectivity index is 0.000000708. The summed E-state index contributed by atoms with van der Waals surface area (Å²) in [6, 6.07) is 10.4. The molecule has 2 heterocycles. The largest absolute Gasteiger partial charge is 0.490 e. The molecule has 1 aromatic carbocycles. The zero-order valence-electron chi connectivity index (χ0n) is 21.5. The van der Waals surface area contributed by atoms with E-state index in [1.807, 2.05) is 30.3 Å². The minimum absolute atomic E-state index is 0.0228. The number of benzene rings is 1. The summed E-state index contributed by atoms with van der Waals surface area (Å²) in [5.74, 6) is -2.83. The molecule has 15 heteroatoms. The fraction of sp³-hybridized carbons (Fsp3) is 0.360. The fourth-order valence-electron chi connectivity index (χ4n) is 3.43. The Kier molecular flexibility index (Phi) is 12.0. The molecule has 0 unspecified atom stereocenters. The average Bonchev–Trinajstić information content (AvgIpc) is 3.58. The van der Waals surface area contributed by atoms with Gasteiger partial charge in [-0.3, -0.25) is 0 Å². The number of thiophene rings is 1. The molecule has 3 aromatic rings. The Morgan fingerprint density at radius 2 is 1.77 bits per heavy atom. The number of unbranched alkanes of at least 4 members (excludes halogenated alkanes) is 2. The number of Topliss-reactive ketones (excluding diaryl/α,β-unsaturated/α-hetero) is 1. The molecule has 10 nitrogen and oxygen atoms in total. The number of sulfonamides is 1. The monoisotopic (exact) mass is 603 g/mol. The van der Waals surface area contributed by atoms with Crippen molar-refractivity contribution in [1.82, 2.24) is 14.7 Å². The third kappa shape index (κ3) is 9.88. The molecule has 0 fully saturated rings. The van der Waals surface area contributed by atoms with Gasteiger partial charge >= 0.3 is 18.1 Å². The highest BCUT2D eigenvalue weighted by molar-refractivity contribution is 7.89. The van der Waals surface area contributed by atoms with E-state index in [4.69, 9.17) is 14.6 Å². The SMILES string of the molecule is COC(=O)c1sccc1S(=O)(=O)N[C@@H](CCCCCC(C)=O)c1ncc(-c2ccccc2)[nH]1.O=C(O)C(F)(F)F. The van der Waals surface area contributed by atoms with Crippen molar-refractivity contribution >= 4 is 39.1 Å². The molecule has 0 aliphatic rings. The summed E-state index contributed by atoms with van der Waals surface area (Å²) in [7, 11) is -2.80. The number of aromatic nitrogens is 2. The molecule has 0 saturated heterocycles. The molecular weight excluding hydrogens is 575 g/mol. The van der Waals surface area contributed by atoms with Gasteiger partial charge in [0.05, 0.1) is 25.0 Å². The third-order valence-electron chi connectivity index (χ3n) is 5.36. The maximum absolute atomic E-state index is 13.2. The number of carbonyl (C=O) groups excluding carboxylic acids is 2. The summed E-state index contributed by atoms with van der Waals surface area (Å²) in [5.41, 5.74) is 1.71. The Morgan fingerprint density at radius 1 is 1.12 bits per heavy atom. The molecule has 0 aliphatic heterocycles. The summed E-state index contributed by atoms with van der Waals surface area (Å²) in [6.45, 7) is 1.56. The van der Waals surface area contributed by atoms with Crippen LogP contribution >= 0.6 is 11.3 Å². The molecule has 0 amide bonds. The number of aromatic amines is 1. The van der Waals surface area contributed by atoms with Crippen LogP contribution in [0.5, 0.6) is 0 Å². The van der Waals surface area contributed by atoms with Crippen LogP contribution in [0.4, 0.5) is 13.2 Å². The van der Waals surface area contributed by atoms with E-state index >= 15 is 0 Å². The number of aliphatic carboxylic acids is 1. The number of alkyl halides is 3. The number of carboxylic acid groups (broad SMARTS) is 1. The van der Waals surface area contributed by atoms with Gasteiger partial charge in [-0.2, -0.15) is 13.2 Å². The first kappa shape index (κ1) is 32.7. The maximum Gasteiger partial charge on any atom is 0.490 e. The highest BCUT2D eigenvalue weighted by Gasteiger charge is 2.38. The van der Waals surface area contributed by atoms with E-state index in [0.717, 1.165) is 35.4 Å². The van der Waals surface area contributed by atoms with E-state index in [1.54, 1.807) is 13.1 Å². The van der Waals surface area contributed by atoms with Gasteiger partial charge in [-0.1, -0.05) is 43.2 Å². The number of esters is 1. The number of methoxy groups -OCH3 is 1. The molecule has 0 bridgehead atoms. The number of H-pyrrole nitrogens is 1. The lowest BCUT2D eigenvalue weighted by molar-refractivity contribution is -0.192. The van der Waals surface area contributed by atoms with Gasteiger partial charge in [0.25, 0.3) is 0 Å². The molecule has 1 atom stereocenters. The Bertz CT molecular complexity index is 1390. The highest BCUT2D eigenvalue weighted by atomic mass is 32.2. The Morgan fingerprint density at radius 3 is 2.35 bits per heavy atom. The minimum Gasteiger partial charge on any atom is -0.475 e. The predicted molar refractivity (Wildman–Crippen MR) is 140 cm³/mol. The summed E-state index contributed by atoms with van der Waals surface area (Å²) >= 11 is 1.01. The molecular formula is C25H28F3N3O7S2. The number of carbonyl (C=O) groups is 3. The lowest BCUT2D eigenvalue weighted by Gasteiger charge is -2.17. The maximum atomic E-state index is 13.2. The number of nitrogens with one attached hydrogen (secondary N) is 2. The summed E-state index contributed by atoms with van der Waals surface area (Å²) in [4.78, 5) is 39.7. The van der Waals surface area contributed by atoms with E-state index in [0.29, 0.717) is 25.1 Å². The number of halogens is 3. The van der Waals surface area contributed by atoms with E-state index in [9.17, 15) is 31.2 Å². The second-order valence-electron chi connectivity index (χ2n) is 8.43. The molecule has 0 radical (unpaired) electrons. The molecule has 0 saturated carbocycles. The minimum atomic E-state index is -5.08. The van der Waals surface area contributed by atoms with Crippen molar-refractivity contribution in [2.75, 3.05) is 7.11 Å². The lowest BCUT2D eigenvalue weighted by Crippen LogP contribution is -2.30. The van der Waals surface area contributed by atoms with Gasteiger partial charge in [-0.25, -0.2) is 27.7 Å². The smallest absolute Gasteiger partial charge is 0.475 e. The third-order valence-corrected chi connectivity index (χ3v) is 7.90. The number of hydrogen-bond donors (Lipinski definition) is 3. The van der Waals surface area contributed by atoms with Crippen molar-refractivity contribution < 1.29 is 45.8 Å². The molecule has 2 aromatic heterocycles. The average molecular weight is 604 g/mol. The molecule has 218 valence electrons. The van der Waals surface area contributed by atoms with Gasteiger partial charge in [-0.05, 0) is 36.8 Å². The summed E-state index contributed by atoms with van der Waals surface area (Å²) in [6.07, 6.45) is -0.181. The van der Waals surface area contributed by atoms with Crippen molar-refractivity contribution in [3.05, 3.63) is 58.7 Å². The van der Waals surface area contributed by atoms with Crippen LogP contribution in [0.2, 0.25) is 0 Å². The number of carboxylic acids is 1. The second kappa shape index (κ2) is 14.7. The summed E-state index contributed by atoms with van der Waals surface area (Å²) in [5, 5.41) is 8.66. The number of ether oxygens (including phenoxy) is 1. The number of ketones is 1. The van der Waals surface area contributed by atoms with E-state index < -0.39 is 34.2 Å². The van der Waals surface area contributed by atoms with Crippen LogP contribution in [0.15, 0.2) is 52.9 Å². The van der Waals surface area contributed by atoms with Gasteiger partial charge in [0.2, 0.25) is 10.0 Å². The Hall–Kier alpha value is -3.56. The van der Waals surface area contributed by atoms with Crippen molar-refractivity contribution in [1.29, 1.82) is 0 Å². The van der Waals surface area contributed by atoms with E-state index in [-0.39, 0.29) is 15.6 Å². The number of imidazole rings is 1. The molecule has 40 heavy (non-hydrogen) atoms. The lowest BCUT2D eigenvalue weighted by atomic mass is 10.1. The van der Waals surface area contributed by atoms with Crippen molar-refractivity contribution in [2.24, 2.45) is 0 Å². The second-order valence-corrected chi connectivity index (χ2v) is 11.0. The topological polar surface area (TPSA) is 156 Å². The van der Waals surface area contributed by atoms with Gasteiger partial charge in [0.1, 0.15) is 21.4 Å². The predicted octanol–water partition coefficient (Wildman–Crippen LogP) is 5.12. The van der Waals surface area contributed by atoms with E-state index in [2.05, 4.69) is 14.7 Å². The first-order valence-corrected chi connectivity index (χ1v) is 14.2. The normalized spacial score (nSPS) is 12.2. The van der Waals surface area contributed by atoms with Gasteiger partial charge in [-0.15, -0.1) is 11.3 Å². The number of hydrogen-bond acceptors (Lipinski definition) is 8. The van der Waals surface area contributed by atoms with E-state index in [1.165, 1.54) is 18.6 Å². The zero-order valence-corrected chi connectivity index (χ0v) is 23.2. The van der Waals surface area contributed by atoms with Crippen molar-refractivity contribution in [3.8, 4) is 11.3 Å². The van der Waals surface area contributed by atoms with Crippen LogP contribution < -0.4 is 4.72 Å². The van der Waals surface area contributed by atoms with Crippen LogP contribution in [0.25, 0.3) is 11.3 Å². The van der Waals surface area contributed by atoms with Crippen molar-refractivity contribution in [2.45, 2.75) is 56.1 Å². The standard InChI is InChI=1S/C23H27N3O5S2.C2HF3O2/c1-16(27)9-5-3-8-12-18(22-24-15-19(25-22)17-10-6-4-7-11-17)26-33(29,30)20-13-14-32-21(20)23(28)31-2;3-2(4,5)1(6)7/h4,6-7,10-11,13-15,18,26H,3,5,8-9,12H2,1-2H3,(H,24,25);(H,6,7)/t18-;/m0./s1.